The van der Waals surface area contributed by atoms with Gasteiger partial charge in [0, 0.05) is 21.7 Å². The molecule has 40 heavy (non-hydrogen) atoms. The fourth-order valence-electron chi connectivity index (χ4n) is 4.66. The zero-order chi connectivity index (χ0) is 28.6. The molecule has 3 heterocycles. The van der Waals surface area contributed by atoms with Crippen LogP contribution in [0.4, 0.5) is 0 Å². The number of carbonyl (C=O) groups is 1. The topological polar surface area (TPSA) is 92.3 Å². The third-order valence-corrected chi connectivity index (χ3v) is 8.18. The van der Waals surface area contributed by atoms with E-state index in [-0.39, 0.29) is 17.7 Å². The predicted molar refractivity (Wildman–Crippen MR) is 157 cm³/mol. The fraction of sp³-hybridized carbons (Fsp3) is 0.233. The van der Waals surface area contributed by atoms with E-state index in [2.05, 4.69) is 20.9 Å². The molecule has 2 aromatic heterocycles. The number of furan rings is 1. The SMILES string of the molecule is CCOC(=O)C1=C(C)N=c2sc(=Cc3ccc(-c4ccc(C)cc4Br)o3)c(=O)n2[C@@H]1c1cc(OC)ccc1OC. The van der Waals surface area contributed by atoms with Gasteiger partial charge in [0.25, 0.3) is 5.56 Å². The number of carbonyl (C=O) groups excluding carboxylic acids is 1. The Labute approximate surface area is 243 Å². The number of methoxy groups -OCH3 is 2. The van der Waals surface area contributed by atoms with Crippen molar-refractivity contribution in [1.29, 1.82) is 0 Å². The van der Waals surface area contributed by atoms with E-state index in [0.717, 1.165) is 15.6 Å². The number of aryl methyl sites for hydroxylation is 1. The number of halogens is 1. The maximum atomic E-state index is 13.9. The second-order valence-corrected chi connectivity index (χ2v) is 11.0. The van der Waals surface area contributed by atoms with Gasteiger partial charge in [0.15, 0.2) is 4.80 Å². The molecule has 10 heteroatoms. The molecule has 1 aliphatic heterocycles. The monoisotopic (exact) mass is 622 g/mol. The number of fused-ring (bicyclic) bond motifs is 1. The van der Waals surface area contributed by atoms with Gasteiger partial charge in [-0.15, -0.1) is 0 Å². The van der Waals surface area contributed by atoms with Crippen LogP contribution in [0.1, 0.15) is 36.8 Å². The lowest BCUT2D eigenvalue weighted by atomic mass is 9.95. The Balaban J connectivity index is 1.68. The molecule has 1 aliphatic rings. The summed E-state index contributed by atoms with van der Waals surface area (Å²) in [7, 11) is 3.09. The number of hydrogen-bond acceptors (Lipinski definition) is 8. The molecule has 4 aromatic rings. The summed E-state index contributed by atoms with van der Waals surface area (Å²) in [6, 6.07) is 14.1. The summed E-state index contributed by atoms with van der Waals surface area (Å²) in [5.74, 6) is 1.69. The van der Waals surface area contributed by atoms with Crippen molar-refractivity contribution in [3.63, 3.8) is 0 Å². The molecule has 206 valence electrons. The Kier molecular flexibility index (Phi) is 7.82. The van der Waals surface area contributed by atoms with Gasteiger partial charge in [-0.1, -0.05) is 33.3 Å². The Bertz CT molecular complexity index is 1830. The van der Waals surface area contributed by atoms with Crippen LogP contribution in [0.5, 0.6) is 11.5 Å². The molecular formula is C30H27BrN2O6S. The highest BCUT2D eigenvalue weighted by Gasteiger charge is 2.35. The first-order chi connectivity index (χ1) is 19.2. The van der Waals surface area contributed by atoms with Crippen LogP contribution in [0.25, 0.3) is 17.4 Å². The smallest absolute Gasteiger partial charge is 0.338 e. The molecule has 0 bridgehead atoms. The van der Waals surface area contributed by atoms with Crippen LogP contribution >= 0.6 is 27.3 Å². The second-order valence-electron chi connectivity index (χ2n) is 9.10. The number of hydrogen-bond donors (Lipinski definition) is 0. The van der Waals surface area contributed by atoms with Gasteiger partial charge in [-0.05, 0) is 68.8 Å². The van der Waals surface area contributed by atoms with Crippen molar-refractivity contribution in [3.8, 4) is 22.8 Å². The quantitative estimate of drug-likeness (QED) is 0.265. The van der Waals surface area contributed by atoms with Crippen LogP contribution in [0.15, 0.2) is 78.5 Å². The Morgan fingerprint density at radius 1 is 1.12 bits per heavy atom. The normalized spacial score (nSPS) is 15.1. The van der Waals surface area contributed by atoms with Crippen LogP contribution < -0.4 is 24.4 Å². The maximum Gasteiger partial charge on any atom is 0.338 e. The maximum absolute atomic E-state index is 13.9. The molecule has 5 rings (SSSR count). The van der Waals surface area contributed by atoms with Gasteiger partial charge in [-0.3, -0.25) is 9.36 Å². The lowest BCUT2D eigenvalue weighted by Crippen LogP contribution is -2.40. The van der Waals surface area contributed by atoms with E-state index in [1.165, 1.54) is 23.0 Å². The van der Waals surface area contributed by atoms with Gasteiger partial charge in [0.05, 0.1) is 36.6 Å². The number of allylic oxidation sites excluding steroid dienone is 1. The number of benzene rings is 2. The van der Waals surface area contributed by atoms with E-state index in [9.17, 15) is 9.59 Å². The number of rotatable bonds is 7. The Morgan fingerprint density at radius 2 is 1.93 bits per heavy atom. The zero-order valence-corrected chi connectivity index (χ0v) is 25.0. The summed E-state index contributed by atoms with van der Waals surface area (Å²) in [5.41, 5.74) is 3.02. The highest BCUT2D eigenvalue weighted by Crippen LogP contribution is 2.38. The summed E-state index contributed by atoms with van der Waals surface area (Å²) in [6.07, 6.45) is 1.69. The van der Waals surface area contributed by atoms with Crippen molar-refractivity contribution < 1.29 is 23.4 Å². The molecule has 8 nitrogen and oxygen atoms in total. The molecule has 0 fully saturated rings. The lowest BCUT2D eigenvalue weighted by Gasteiger charge is -2.26. The Hall–Kier alpha value is -3.89. The zero-order valence-electron chi connectivity index (χ0n) is 22.6. The van der Waals surface area contributed by atoms with Crippen molar-refractivity contribution in [3.05, 3.63) is 101 Å². The van der Waals surface area contributed by atoms with E-state index in [4.69, 9.17) is 18.6 Å². The molecule has 0 unspecified atom stereocenters. The van der Waals surface area contributed by atoms with Crippen molar-refractivity contribution >= 4 is 39.3 Å². The van der Waals surface area contributed by atoms with Crippen LogP contribution in [0.2, 0.25) is 0 Å². The number of thiazole rings is 1. The first kappa shape index (κ1) is 27.7. The number of esters is 1. The Morgan fingerprint density at radius 3 is 2.62 bits per heavy atom. The highest BCUT2D eigenvalue weighted by atomic mass is 79.9. The number of nitrogens with zero attached hydrogens (tertiary/aromatic N) is 2. The van der Waals surface area contributed by atoms with Gasteiger partial charge in [0.2, 0.25) is 0 Å². The summed E-state index contributed by atoms with van der Waals surface area (Å²) < 4.78 is 25.4. The second kappa shape index (κ2) is 11.3. The van der Waals surface area contributed by atoms with Crippen molar-refractivity contribution in [2.24, 2.45) is 4.99 Å². The van der Waals surface area contributed by atoms with E-state index in [0.29, 0.717) is 43.6 Å². The van der Waals surface area contributed by atoms with Gasteiger partial charge >= 0.3 is 5.97 Å². The summed E-state index contributed by atoms with van der Waals surface area (Å²) in [5, 5.41) is 0. The van der Waals surface area contributed by atoms with E-state index in [1.807, 2.05) is 37.3 Å². The van der Waals surface area contributed by atoms with Crippen LogP contribution in [-0.4, -0.2) is 31.4 Å². The molecule has 0 radical (unpaired) electrons. The van der Waals surface area contributed by atoms with Crippen molar-refractivity contribution in [2.75, 3.05) is 20.8 Å². The first-order valence-electron chi connectivity index (χ1n) is 12.5. The highest BCUT2D eigenvalue weighted by molar-refractivity contribution is 9.10. The first-order valence-corrected chi connectivity index (χ1v) is 14.1. The largest absolute Gasteiger partial charge is 0.497 e. The predicted octanol–water partition coefficient (Wildman–Crippen LogP) is 5.15. The average molecular weight is 624 g/mol. The molecule has 0 saturated carbocycles. The molecule has 2 aromatic carbocycles. The molecule has 0 saturated heterocycles. The molecule has 0 N–H and O–H groups in total. The number of ether oxygens (including phenoxy) is 3. The molecular weight excluding hydrogens is 596 g/mol. The fourth-order valence-corrected chi connectivity index (χ4v) is 6.38. The van der Waals surface area contributed by atoms with Gasteiger partial charge in [0.1, 0.15) is 29.1 Å². The van der Waals surface area contributed by atoms with Gasteiger partial charge in [-0.25, -0.2) is 9.79 Å². The average Bonchev–Trinajstić information content (AvgIpc) is 3.51. The van der Waals surface area contributed by atoms with Gasteiger partial charge < -0.3 is 18.6 Å². The van der Waals surface area contributed by atoms with Crippen LogP contribution in [0, 0.1) is 6.92 Å². The van der Waals surface area contributed by atoms with Gasteiger partial charge in [-0.2, -0.15) is 0 Å². The third-order valence-electron chi connectivity index (χ3n) is 6.54. The lowest BCUT2D eigenvalue weighted by molar-refractivity contribution is -0.139. The summed E-state index contributed by atoms with van der Waals surface area (Å²) in [4.78, 5) is 32.2. The van der Waals surface area contributed by atoms with Crippen LogP contribution in [0.3, 0.4) is 0 Å². The van der Waals surface area contributed by atoms with E-state index in [1.54, 1.807) is 45.2 Å². The third kappa shape index (κ3) is 5.04. The molecule has 0 aliphatic carbocycles. The summed E-state index contributed by atoms with van der Waals surface area (Å²) in [6.45, 7) is 5.67. The van der Waals surface area contributed by atoms with Crippen molar-refractivity contribution in [1.82, 2.24) is 4.57 Å². The molecule has 0 amide bonds. The van der Waals surface area contributed by atoms with Crippen molar-refractivity contribution in [2.45, 2.75) is 26.8 Å². The minimum absolute atomic E-state index is 0.180. The molecule has 0 spiro atoms. The minimum Gasteiger partial charge on any atom is -0.497 e. The van der Waals surface area contributed by atoms with Crippen LogP contribution in [-0.2, 0) is 9.53 Å². The molecule has 1 atom stereocenters. The standard InChI is InChI=1S/C30H27BrN2O6S/c1-6-38-29(35)26-17(3)32-30-33(27(26)21-14-18(36-4)8-11-23(21)37-5)28(34)25(40-30)15-19-9-12-24(39-19)20-10-7-16(2)13-22(20)31/h7-15,27H,6H2,1-5H3/t27-/m1/s1. The van der Waals surface area contributed by atoms with E-state index < -0.39 is 12.0 Å². The minimum atomic E-state index is -0.835. The summed E-state index contributed by atoms with van der Waals surface area (Å²) >= 11 is 4.82. The van der Waals surface area contributed by atoms with E-state index >= 15 is 0 Å². The number of aromatic nitrogens is 1.